The average molecular weight is 1380 g/mol. The molecule has 31 heteroatoms. The second-order valence-corrected chi connectivity index (χ2v) is 31.5. The highest BCUT2D eigenvalue weighted by atomic mass is 16.8. The van der Waals surface area contributed by atoms with Crippen LogP contribution in [-0.4, -0.2) is 315 Å². The Morgan fingerprint density at radius 2 is 1.00 bits per heavy atom. The van der Waals surface area contributed by atoms with Crippen LogP contribution >= 0.6 is 0 Å². The van der Waals surface area contributed by atoms with Gasteiger partial charge in [0, 0.05) is 0 Å². The molecule has 0 amide bonds. The summed E-state index contributed by atoms with van der Waals surface area (Å²) < 4.78 is 72.2. The van der Waals surface area contributed by atoms with Crippen molar-refractivity contribution in [2.75, 3.05) is 33.0 Å². The van der Waals surface area contributed by atoms with Gasteiger partial charge < -0.3 is 149 Å². The van der Waals surface area contributed by atoms with E-state index in [1.165, 1.54) is 12.5 Å². The molecule has 5 aliphatic carbocycles. The van der Waals surface area contributed by atoms with Gasteiger partial charge in [0.05, 0.1) is 50.7 Å². The van der Waals surface area contributed by atoms with Gasteiger partial charge in [0.25, 0.3) is 0 Å². The summed E-state index contributed by atoms with van der Waals surface area (Å²) in [4.78, 5) is 15.3. The number of carbonyl (C=O) groups is 1. The van der Waals surface area contributed by atoms with Crippen molar-refractivity contribution in [3.63, 3.8) is 0 Å². The molecule has 11 aliphatic rings. The lowest BCUT2D eigenvalue weighted by atomic mass is 9.33. The number of aliphatic hydroxyl groups excluding tert-OH is 18. The van der Waals surface area contributed by atoms with Crippen molar-refractivity contribution in [2.24, 2.45) is 50.2 Å². The zero-order chi connectivity index (χ0) is 70.0. The van der Waals surface area contributed by atoms with Crippen LogP contribution in [0.4, 0.5) is 0 Å². The van der Waals surface area contributed by atoms with Crippen molar-refractivity contribution < 1.29 is 154 Å². The molecular weight excluding hydrogens is 1280 g/mol. The summed E-state index contributed by atoms with van der Waals surface area (Å²) in [6, 6.07) is 0. The number of hydrogen-bond acceptors (Lipinski definition) is 31. The molecule has 552 valence electrons. The second kappa shape index (κ2) is 28.3. The number of aliphatic hydroxyl groups is 18. The fraction of sp³-hybridized carbons (Fsp3) is 0.954. The minimum absolute atomic E-state index is 0.0309. The van der Waals surface area contributed by atoms with Gasteiger partial charge in [-0.05, 0) is 116 Å². The second-order valence-electron chi connectivity index (χ2n) is 31.5. The number of carbonyl (C=O) groups excluding carboxylic acids is 1. The van der Waals surface area contributed by atoms with Gasteiger partial charge in [-0.1, -0.05) is 60.1 Å². The van der Waals surface area contributed by atoms with Crippen LogP contribution in [0.2, 0.25) is 0 Å². The molecule has 0 aromatic heterocycles. The summed E-state index contributed by atoms with van der Waals surface area (Å²) in [6.45, 7) is 13.6. The SMILES string of the molecule is C[C@@H]1O[C@@H](O[C@H]2[C@H](O)[C@@H](O)[C@H](OC[C@H]3O[C@@H](OC(=O)[C@]45CCC(C)(C)C[C@H]4C4=CC[C@@H]6[C@@]7(C)CC[C@H](O[C@@H]8OC[C@H](O)[C@H](O[C@@H]9O[C@H](CO)[C@@H](O)[C@H](O)[C@H]9O)[C@H]8O[C@@H]8O[C@H](CO)[C@@H](O)[C@H](O)[C@H]8O)C(C)(C)[C@@H]7CC[C@@]6(C)[C@]4(C)CC5)[C@H](O)[C@@H](O)[C@@H]3O)O[C@@H]2CO)[C@H](O)[C@H](O)[C@H]1O. The fourth-order valence-electron chi connectivity index (χ4n) is 19.0. The highest BCUT2D eigenvalue weighted by Crippen LogP contribution is 2.76. The zero-order valence-corrected chi connectivity index (χ0v) is 55.6. The molecule has 37 atom stereocenters. The number of hydrogen-bond donors (Lipinski definition) is 18. The minimum atomic E-state index is -1.92. The maximum absolute atomic E-state index is 15.3. The van der Waals surface area contributed by atoms with Crippen LogP contribution in [0.25, 0.3) is 0 Å². The average Bonchev–Trinajstić information content (AvgIpc) is 0.676. The normalized spacial score (nSPS) is 54.1. The Kier molecular flexibility index (Phi) is 22.1. The number of ether oxygens (including phenoxy) is 12. The number of fused-ring (bicyclic) bond motifs is 7. The van der Waals surface area contributed by atoms with Crippen LogP contribution in [0.5, 0.6) is 0 Å². The lowest BCUT2D eigenvalue weighted by molar-refractivity contribution is -0.389. The van der Waals surface area contributed by atoms with E-state index in [2.05, 4.69) is 54.5 Å². The van der Waals surface area contributed by atoms with E-state index in [0.717, 1.165) is 12.8 Å². The first kappa shape index (κ1) is 75.2. The van der Waals surface area contributed by atoms with Gasteiger partial charge in [0.15, 0.2) is 31.5 Å². The molecule has 96 heavy (non-hydrogen) atoms. The van der Waals surface area contributed by atoms with Gasteiger partial charge in [0.1, 0.15) is 134 Å². The molecule has 18 N–H and O–H groups in total. The number of allylic oxidation sites excluding steroid dienone is 2. The summed E-state index contributed by atoms with van der Waals surface area (Å²) >= 11 is 0. The van der Waals surface area contributed by atoms with Crippen molar-refractivity contribution in [3.05, 3.63) is 11.6 Å². The van der Waals surface area contributed by atoms with Gasteiger partial charge in [0.2, 0.25) is 6.29 Å². The highest BCUT2D eigenvalue weighted by molar-refractivity contribution is 5.79. The summed E-state index contributed by atoms with van der Waals surface area (Å²) in [5.74, 6) is -0.800. The summed E-state index contributed by atoms with van der Waals surface area (Å²) in [6.07, 6.45) is -40.6. The molecule has 0 spiro atoms. The van der Waals surface area contributed by atoms with E-state index in [1.807, 2.05) is 0 Å². The molecule has 11 rings (SSSR count). The van der Waals surface area contributed by atoms with Crippen LogP contribution < -0.4 is 0 Å². The third-order valence-corrected chi connectivity index (χ3v) is 25.2. The summed E-state index contributed by atoms with van der Waals surface area (Å²) in [7, 11) is 0. The molecule has 0 aromatic carbocycles. The Hall–Kier alpha value is -1.95. The van der Waals surface area contributed by atoms with Gasteiger partial charge in [-0.25, -0.2) is 0 Å². The Bertz CT molecular complexity index is 2690. The van der Waals surface area contributed by atoms with E-state index < -0.39 is 239 Å². The molecule has 0 bridgehead atoms. The first-order chi connectivity index (χ1) is 45.0. The predicted octanol–water partition coefficient (Wildman–Crippen LogP) is -4.72. The number of esters is 1. The van der Waals surface area contributed by atoms with Crippen LogP contribution in [0.1, 0.15) is 120 Å². The summed E-state index contributed by atoms with van der Waals surface area (Å²) in [5, 5.41) is 194. The third kappa shape index (κ3) is 12.9. The quantitative estimate of drug-likeness (QED) is 0.0392. The van der Waals surface area contributed by atoms with Gasteiger partial charge in [-0.3, -0.25) is 4.79 Å². The van der Waals surface area contributed by atoms with Crippen LogP contribution in [0, 0.1) is 50.2 Å². The number of rotatable bonds is 16. The first-order valence-corrected chi connectivity index (χ1v) is 34.1. The molecule has 0 aromatic rings. The van der Waals surface area contributed by atoms with Crippen LogP contribution in [0.3, 0.4) is 0 Å². The Labute approximate surface area is 556 Å². The maximum atomic E-state index is 15.3. The molecule has 4 saturated carbocycles. The largest absolute Gasteiger partial charge is 0.432 e. The molecule has 0 radical (unpaired) electrons. The molecule has 6 saturated heterocycles. The predicted molar refractivity (Wildman–Crippen MR) is 321 cm³/mol. The minimum Gasteiger partial charge on any atom is -0.432 e. The highest BCUT2D eigenvalue weighted by Gasteiger charge is 2.71. The smallest absolute Gasteiger partial charge is 0.315 e. The molecule has 10 fully saturated rings. The van der Waals surface area contributed by atoms with E-state index >= 15 is 4.79 Å². The van der Waals surface area contributed by atoms with Crippen molar-refractivity contribution >= 4 is 5.97 Å². The fourth-order valence-corrected chi connectivity index (χ4v) is 19.0. The van der Waals surface area contributed by atoms with E-state index in [4.69, 9.17) is 56.8 Å². The monoisotopic (exact) mass is 1380 g/mol. The van der Waals surface area contributed by atoms with Crippen molar-refractivity contribution in [1.82, 2.24) is 0 Å². The van der Waals surface area contributed by atoms with Gasteiger partial charge in [-0.2, -0.15) is 0 Å². The first-order valence-electron chi connectivity index (χ1n) is 34.1. The van der Waals surface area contributed by atoms with E-state index in [-0.39, 0.29) is 34.0 Å². The zero-order valence-electron chi connectivity index (χ0n) is 55.6. The van der Waals surface area contributed by atoms with Crippen LogP contribution in [-0.2, 0) is 61.6 Å². The molecule has 31 nitrogen and oxygen atoms in total. The van der Waals surface area contributed by atoms with Crippen molar-refractivity contribution in [3.8, 4) is 0 Å². The summed E-state index contributed by atoms with van der Waals surface area (Å²) in [5.41, 5.74) is -1.77. The Morgan fingerprint density at radius 1 is 0.490 bits per heavy atom. The standard InChI is InChI=1S/C65H106O31/c1-25-36(70)40(74)45(79)54(87-25)94-51-31(22-68)90-53(49(83)44(51)78)86-24-32-39(73)43(77)48(82)57(91-32)96-59(84)65-17-15-60(2,3)19-27(65)26-9-10-34-62(6)13-12-35(61(4,5)33(62)11-14-64(34,8)63(26,7)16-18-65)92-58-52(95-56-47(81)42(76)38(72)30(21-67)89-56)50(28(69)23-85-58)93-55-46(80)41(75)37(71)29(20-66)88-55/h9,25,27-58,66-83H,10-24H2,1-8H3/t25-,27-,28-,29+,30+,31+,32+,33-,34+,35-,36-,37+,38+,39+,40+,41-,42-,43-,44+,45+,46+,47+,48+,49+,50-,51+,52+,53+,54-,55-,56-,57-,58-,62-,63+,64+,65-/m0/s1. The van der Waals surface area contributed by atoms with Crippen molar-refractivity contribution in [1.29, 1.82) is 0 Å². The van der Waals surface area contributed by atoms with E-state index in [0.29, 0.717) is 51.4 Å². The van der Waals surface area contributed by atoms with Crippen molar-refractivity contribution in [2.45, 2.75) is 304 Å². The lowest BCUT2D eigenvalue weighted by Gasteiger charge is -2.71. The van der Waals surface area contributed by atoms with E-state index in [9.17, 15) is 91.9 Å². The molecular formula is C65H106O31. The maximum Gasteiger partial charge on any atom is 0.315 e. The van der Waals surface area contributed by atoms with Crippen LogP contribution in [0.15, 0.2) is 11.6 Å². The Balaban J connectivity index is 0.791. The lowest BCUT2D eigenvalue weighted by Crippen LogP contribution is -2.67. The topological polar surface area (TPSA) is 492 Å². The van der Waals surface area contributed by atoms with Gasteiger partial charge >= 0.3 is 5.97 Å². The molecule has 6 heterocycles. The molecule has 6 aliphatic heterocycles. The third-order valence-electron chi connectivity index (χ3n) is 25.2. The molecule has 0 unspecified atom stereocenters. The Morgan fingerprint density at radius 3 is 1.60 bits per heavy atom. The van der Waals surface area contributed by atoms with Gasteiger partial charge in [-0.15, -0.1) is 0 Å². The van der Waals surface area contributed by atoms with E-state index in [1.54, 1.807) is 0 Å².